The van der Waals surface area contributed by atoms with Gasteiger partial charge < -0.3 is 4.72 Å². The molecule has 1 heterocycles. The molecule has 5 heteroatoms. The van der Waals surface area contributed by atoms with Crippen LogP contribution < -0.4 is 10.3 Å². The molecule has 0 aliphatic heterocycles. The molecule has 0 spiro atoms. The first-order valence-electron chi connectivity index (χ1n) is 8.14. The van der Waals surface area contributed by atoms with Crippen LogP contribution in [-0.4, -0.2) is 15.8 Å². The van der Waals surface area contributed by atoms with Gasteiger partial charge in [0.2, 0.25) is 0 Å². The monoisotopic (exact) mass is 339 g/mol. The van der Waals surface area contributed by atoms with Gasteiger partial charge in [-0.1, -0.05) is 37.4 Å². The van der Waals surface area contributed by atoms with Gasteiger partial charge in [-0.3, -0.25) is 9.36 Å². The van der Waals surface area contributed by atoms with E-state index in [1.165, 1.54) is 0 Å². The van der Waals surface area contributed by atoms with Crippen molar-refractivity contribution in [2.24, 2.45) is 0 Å². The van der Waals surface area contributed by atoms with Gasteiger partial charge in [-0.25, -0.2) is 4.98 Å². The molecule has 0 aliphatic rings. The Labute approximate surface area is 146 Å². The molecular formula is C19H21N3OS. The summed E-state index contributed by atoms with van der Waals surface area (Å²) < 4.78 is 4.94. The van der Waals surface area contributed by atoms with Crippen molar-refractivity contribution in [3.05, 3.63) is 64.7 Å². The Balaban J connectivity index is 2.16. The van der Waals surface area contributed by atoms with Gasteiger partial charge in [-0.15, -0.1) is 0 Å². The number of para-hydroxylation sites is 1. The van der Waals surface area contributed by atoms with Crippen LogP contribution in [0.25, 0.3) is 16.6 Å². The van der Waals surface area contributed by atoms with Crippen LogP contribution >= 0.6 is 11.9 Å². The minimum Gasteiger partial charge on any atom is -0.330 e. The van der Waals surface area contributed by atoms with Crippen molar-refractivity contribution in [2.45, 2.75) is 26.2 Å². The van der Waals surface area contributed by atoms with Gasteiger partial charge in [0.25, 0.3) is 5.56 Å². The molecule has 0 unspecified atom stereocenters. The predicted octanol–water partition coefficient (Wildman–Crippen LogP) is 4.42. The topological polar surface area (TPSA) is 46.9 Å². The standard InChI is InChI=1S/C19H21N3OS/c1-3-4-9-18-20-17-8-6-5-7-16(17)19(23)22(18)15-12-10-14(11-13-15)21-24-2/h5-8,10-13,21H,3-4,9H2,1-2H3. The third-order valence-corrected chi connectivity index (χ3v) is 4.38. The molecule has 3 aromatic rings. The number of fused-ring (bicyclic) bond motifs is 1. The molecule has 0 amide bonds. The van der Waals surface area contributed by atoms with E-state index in [0.717, 1.165) is 42.0 Å². The minimum absolute atomic E-state index is 0.00252. The summed E-state index contributed by atoms with van der Waals surface area (Å²) in [5.41, 5.74) is 2.64. The number of anilines is 1. The second-order valence-electron chi connectivity index (χ2n) is 5.64. The molecule has 0 aliphatic carbocycles. The number of nitrogens with zero attached hydrogens (tertiary/aromatic N) is 2. The maximum absolute atomic E-state index is 13.0. The molecule has 0 bridgehead atoms. The van der Waals surface area contributed by atoms with Crippen LogP contribution in [0.4, 0.5) is 5.69 Å². The zero-order chi connectivity index (χ0) is 16.9. The van der Waals surface area contributed by atoms with Crippen molar-refractivity contribution >= 4 is 28.5 Å². The minimum atomic E-state index is -0.00252. The van der Waals surface area contributed by atoms with Gasteiger partial charge in [0.1, 0.15) is 5.82 Å². The Bertz CT molecular complexity index is 887. The van der Waals surface area contributed by atoms with E-state index in [-0.39, 0.29) is 5.56 Å². The fourth-order valence-electron chi connectivity index (χ4n) is 2.74. The molecule has 24 heavy (non-hydrogen) atoms. The van der Waals surface area contributed by atoms with Crippen LogP contribution in [0.1, 0.15) is 25.6 Å². The summed E-state index contributed by atoms with van der Waals surface area (Å²) in [7, 11) is 0. The highest BCUT2D eigenvalue weighted by molar-refractivity contribution is 7.99. The molecule has 0 fully saturated rings. The molecule has 124 valence electrons. The molecule has 4 nitrogen and oxygen atoms in total. The number of hydrogen-bond donors (Lipinski definition) is 1. The summed E-state index contributed by atoms with van der Waals surface area (Å²) in [6.07, 6.45) is 4.85. The number of unbranched alkanes of at least 4 members (excludes halogenated alkanes) is 1. The lowest BCUT2D eigenvalue weighted by molar-refractivity contribution is 0.720. The highest BCUT2D eigenvalue weighted by Crippen LogP contribution is 2.18. The normalized spacial score (nSPS) is 10.9. The smallest absolute Gasteiger partial charge is 0.265 e. The number of aromatic nitrogens is 2. The fourth-order valence-corrected chi connectivity index (χ4v) is 3.12. The molecule has 0 saturated heterocycles. The molecule has 0 radical (unpaired) electrons. The second-order valence-corrected chi connectivity index (χ2v) is 6.25. The number of nitrogens with one attached hydrogen (secondary N) is 1. The van der Waals surface area contributed by atoms with E-state index in [0.29, 0.717) is 5.39 Å². The Hall–Kier alpha value is -2.27. The number of aryl methyl sites for hydroxylation is 1. The summed E-state index contributed by atoms with van der Waals surface area (Å²) in [6, 6.07) is 15.4. The van der Waals surface area contributed by atoms with Gasteiger partial charge in [-0.2, -0.15) is 0 Å². The molecule has 1 N–H and O–H groups in total. The van der Waals surface area contributed by atoms with Gasteiger partial charge in [0.05, 0.1) is 16.6 Å². The van der Waals surface area contributed by atoms with E-state index < -0.39 is 0 Å². The Morgan fingerprint density at radius 1 is 1.12 bits per heavy atom. The largest absolute Gasteiger partial charge is 0.330 e. The average molecular weight is 339 g/mol. The van der Waals surface area contributed by atoms with Gasteiger partial charge in [0, 0.05) is 18.4 Å². The van der Waals surface area contributed by atoms with Crippen molar-refractivity contribution in [1.82, 2.24) is 9.55 Å². The van der Waals surface area contributed by atoms with E-state index in [1.807, 2.05) is 54.8 Å². The lowest BCUT2D eigenvalue weighted by Gasteiger charge is -2.14. The lowest BCUT2D eigenvalue weighted by atomic mass is 10.2. The van der Waals surface area contributed by atoms with E-state index in [1.54, 1.807) is 16.5 Å². The molecule has 0 saturated carbocycles. The maximum Gasteiger partial charge on any atom is 0.265 e. The van der Waals surface area contributed by atoms with Gasteiger partial charge in [0.15, 0.2) is 0 Å². The zero-order valence-electron chi connectivity index (χ0n) is 14.0. The maximum atomic E-state index is 13.0. The first-order chi connectivity index (χ1) is 11.7. The Morgan fingerprint density at radius 2 is 1.88 bits per heavy atom. The van der Waals surface area contributed by atoms with E-state index in [2.05, 4.69) is 11.6 Å². The Kier molecular flexibility index (Phi) is 5.20. The molecule has 3 rings (SSSR count). The highest BCUT2D eigenvalue weighted by atomic mass is 32.2. The molecule has 1 aromatic heterocycles. The van der Waals surface area contributed by atoms with Crippen LogP contribution in [0.2, 0.25) is 0 Å². The summed E-state index contributed by atoms with van der Waals surface area (Å²) in [4.78, 5) is 17.8. The fraction of sp³-hybridized carbons (Fsp3) is 0.263. The van der Waals surface area contributed by atoms with Crippen LogP contribution in [0.15, 0.2) is 53.3 Å². The van der Waals surface area contributed by atoms with Crippen molar-refractivity contribution < 1.29 is 0 Å². The summed E-state index contributed by atoms with van der Waals surface area (Å²) in [5, 5.41) is 0.657. The van der Waals surface area contributed by atoms with Crippen LogP contribution in [0.3, 0.4) is 0 Å². The average Bonchev–Trinajstić information content (AvgIpc) is 2.61. The summed E-state index contributed by atoms with van der Waals surface area (Å²) in [5.74, 6) is 0.825. The van der Waals surface area contributed by atoms with Gasteiger partial charge in [-0.05, 0) is 42.8 Å². The Morgan fingerprint density at radius 3 is 2.58 bits per heavy atom. The first-order valence-corrected chi connectivity index (χ1v) is 9.37. The van der Waals surface area contributed by atoms with E-state index in [4.69, 9.17) is 4.98 Å². The summed E-state index contributed by atoms with van der Waals surface area (Å²) in [6.45, 7) is 2.15. The van der Waals surface area contributed by atoms with Crippen molar-refractivity contribution in [3.8, 4) is 5.69 Å². The molecule has 0 atom stereocenters. The number of benzene rings is 2. The third-order valence-electron chi connectivity index (χ3n) is 3.94. The van der Waals surface area contributed by atoms with Crippen LogP contribution in [0.5, 0.6) is 0 Å². The molecular weight excluding hydrogens is 318 g/mol. The third kappa shape index (κ3) is 3.31. The quantitative estimate of drug-likeness (QED) is 0.675. The zero-order valence-corrected chi connectivity index (χ0v) is 14.8. The number of rotatable bonds is 6. The van der Waals surface area contributed by atoms with Crippen molar-refractivity contribution in [1.29, 1.82) is 0 Å². The SMILES string of the molecule is CCCCc1nc2ccccc2c(=O)n1-c1ccc(NSC)cc1. The van der Waals surface area contributed by atoms with Crippen LogP contribution in [0, 0.1) is 0 Å². The van der Waals surface area contributed by atoms with Crippen molar-refractivity contribution in [3.63, 3.8) is 0 Å². The second kappa shape index (κ2) is 7.53. The number of hydrogen-bond acceptors (Lipinski definition) is 4. The van der Waals surface area contributed by atoms with Crippen molar-refractivity contribution in [2.75, 3.05) is 11.0 Å². The predicted molar refractivity (Wildman–Crippen MR) is 103 cm³/mol. The molecule has 2 aromatic carbocycles. The van der Waals surface area contributed by atoms with Gasteiger partial charge >= 0.3 is 0 Å². The van der Waals surface area contributed by atoms with Crippen LogP contribution in [-0.2, 0) is 6.42 Å². The first kappa shape index (κ1) is 16.6. The summed E-state index contributed by atoms with van der Waals surface area (Å²) >= 11 is 1.54. The van der Waals surface area contributed by atoms with E-state index >= 15 is 0 Å². The highest BCUT2D eigenvalue weighted by Gasteiger charge is 2.12. The lowest BCUT2D eigenvalue weighted by Crippen LogP contribution is -2.24. The van der Waals surface area contributed by atoms with E-state index in [9.17, 15) is 4.79 Å².